The predicted octanol–water partition coefficient (Wildman–Crippen LogP) is 3.10. The zero-order valence-corrected chi connectivity index (χ0v) is 15.2. The van der Waals surface area contributed by atoms with Crippen molar-refractivity contribution in [3.8, 4) is 5.75 Å². The Hall–Kier alpha value is -1.26. The van der Waals surface area contributed by atoms with Gasteiger partial charge in [0.1, 0.15) is 5.75 Å². The Balaban J connectivity index is 0.00000264. The lowest BCUT2D eigenvalue weighted by molar-refractivity contribution is -0.135. The minimum atomic E-state index is 0. The van der Waals surface area contributed by atoms with E-state index in [9.17, 15) is 4.79 Å². The molecule has 1 heterocycles. The minimum Gasteiger partial charge on any atom is -0.493 e. The fourth-order valence-corrected chi connectivity index (χ4v) is 2.75. The first-order chi connectivity index (χ1) is 10.6. The third-order valence-electron chi connectivity index (χ3n) is 4.02. The molecule has 0 saturated carbocycles. The van der Waals surface area contributed by atoms with E-state index in [4.69, 9.17) is 4.74 Å². The summed E-state index contributed by atoms with van der Waals surface area (Å²) >= 11 is 0. The molecular formula is C18H29ClN2O2. The second kappa shape index (κ2) is 9.78. The van der Waals surface area contributed by atoms with Crippen molar-refractivity contribution in [1.82, 2.24) is 10.2 Å². The lowest BCUT2D eigenvalue weighted by atomic mass is 9.96. The number of hydrogen-bond acceptors (Lipinski definition) is 3. The Bertz CT molecular complexity index is 488. The van der Waals surface area contributed by atoms with E-state index in [1.807, 2.05) is 36.2 Å². The third kappa shape index (κ3) is 6.04. The van der Waals surface area contributed by atoms with Crippen molar-refractivity contribution in [1.29, 1.82) is 0 Å². The van der Waals surface area contributed by atoms with E-state index in [0.717, 1.165) is 37.2 Å². The molecular weight excluding hydrogens is 312 g/mol. The first-order valence-corrected chi connectivity index (χ1v) is 8.24. The van der Waals surface area contributed by atoms with E-state index < -0.39 is 0 Å². The van der Waals surface area contributed by atoms with Crippen molar-refractivity contribution < 1.29 is 9.53 Å². The third-order valence-corrected chi connectivity index (χ3v) is 4.02. The van der Waals surface area contributed by atoms with Gasteiger partial charge >= 0.3 is 0 Å². The molecule has 5 heteroatoms. The van der Waals surface area contributed by atoms with Gasteiger partial charge in [-0.3, -0.25) is 4.79 Å². The smallest absolute Gasteiger partial charge is 0.225 e. The summed E-state index contributed by atoms with van der Waals surface area (Å²) in [6.07, 6.45) is 1.88. The molecule has 0 bridgehead atoms. The summed E-state index contributed by atoms with van der Waals surface area (Å²) < 4.78 is 5.88. The van der Waals surface area contributed by atoms with Gasteiger partial charge in [0.15, 0.2) is 0 Å². The number of ether oxygens (including phenoxy) is 1. The predicted molar refractivity (Wildman–Crippen MR) is 96.1 cm³/mol. The van der Waals surface area contributed by atoms with Gasteiger partial charge in [0, 0.05) is 25.1 Å². The van der Waals surface area contributed by atoms with Crippen LogP contribution in [0.5, 0.6) is 5.75 Å². The summed E-state index contributed by atoms with van der Waals surface area (Å²) in [5.41, 5.74) is 1.08. The van der Waals surface area contributed by atoms with Crippen LogP contribution in [0.15, 0.2) is 24.3 Å². The van der Waals surface area contributed by atoms with Gasteiger partial charge in [-0.05, 0) is 37.9 Å². The first-order valence-electron chi connectivity index (χ1n) is 8.24. The van der Waals surface area contributed by atoms with Crippen LogP contribution < -0.4 is 10.1 Å². The summed E-state index contributed by atoms with van der Waals surface area (Å²) in [5, 5.41) is 3.30. The number of para-hydroxylation sites is 1. The van der Waals surface area contributed by atoms with E-state index in [1.54, 1.807) is 0 Å². The number of piperidine rings is 1. The number of halogens is 1. The number of amides is 1. The van der Waals surface area contributed by atoms with Crippen LogP contribution in [0.4, 0.5) is 0 Å². The number of nitrogens with zero attached hydrogens (tertiary/aromatic N) is 1. The van der Waals surface area contributed by atoms with Crippen LogP contribution in [0.1, 0.15) is 32.3 Å². The van der Waals surface area contributed by atoms with Crippen molar-refractivity contribution in [2.24, 2.45) is 11.8 Å². The molecule has 4 nitrogen and oxygen atoms in total. The van der Waals surface area contributed by atoms with Gasteiger partial charge in [0.2, 0.25) is 5.91 Å². The largest absolute Gasteiger partial charge is 0.493 e. The quantitative estimate of drug-likeness (QED) is 0.865. The second-order valence-electron chi connectivity index (χ2n) is 6.53. The van der Waals surface area contributed by atoms with Gasteiger partial charge in [-0.15, -0.1) is 12.4 Å². The zero-order chi connectivity index (χ0) is 15.9. The lowest BCUT2D eigenvalue weighted by Crippen LogP contribution is -2.38. The zero-order valence-electron chi connectivity index (χ0n) is 14.4. The van der Waals surface area contributed by atoms with E-state index in [0.29, 0.717) is 19.1 Å². The minimum absolute atomic E-state index is 0. The molecule has 0 radical (unpaired) electrons. The highest BCUT2D eigenvalue weighted by atomic mass is 35.5. The van der Waals surface area contributed by atoms with E-state index in [2.05, 4.69) is 19.2 Å². The molecule has 0 aromatic heterocycles. The number of carbonyl (C=O) groups is 1. The SMILES string of the molecule is CC(C)COc1ccccc1CN(C)C(=O)C1CCNCC1.Cl. The number of nitrogens with one attached hydrogen (secondary N) is 1. The molecule has 23 heavy (non-hydrogen) atoms. The molecule has 1 aliphatic heterocycles. The summed E-state index contributed by atoms with van der Waals surface area (Å²) in [4.78, 5) is 14.4. The summed E-state index contributed by atoms with van der Waals surface area (Å²) in [7, 11) is 1.89. The maximum absolute atomic E-state index is 12.5. The Kier molecular flexibility index (Phi) is 8.42. The Morgan fingerprint density at radius 2 is 1.96 bits per heavy atom. The van der Waals surface area contributed by atoms with Crippen molar-refractivity contribution in [3.63, 3.8) is 0 Å². The van der Waals surface area contributed by atoms with E-state index >= 15 is 0 Å². The molecule has 2 rings (SSSR count). The Morgan fingerprint density at radius 3 is 2.61 bits per heavy atom. The van der Waals surface area contributed by atoms with E-state index in [-0.39, 0.29) is 24.2 Å². The summed E-state index contributed by atoms with van der Waals surface area (Å²) in [6.45, 7) is 7.46. The van der Waals surface area contributed by atoms with Gasteiger partial charge in [0.25, 0.3) is 0 Å². The fraction of sp³-hybridized carbons (Fsp3) is 0.611. The Morgan fingerprint density at radius 1 is 1.30 bits per heavy atom. The van der Waals surface area contributed by atoms with Gasteiger partial charge in [-0.1, -0.05) is 32.0 Å². The molecule has 1 fully saturated rings. The average Bonchev–Trinajstić information content (AvgIpc) is 2.54. The molecule has 1 aliphatic rings. The topological polar surface area (TPSA) is 41.6 Å². The van der Waals surface area contributed by atoms with Gasteiger partial charge in [-0.2, -0.15) is 0 Å². The molecule has 1 aromatic carbocycles. The molecule has 0 atom stereocenters. The average molecular weight is 341 g/mol. The molecule has 130 valence electrons. The van der Waals surface area contributed by atoms with Crippen LogP contribution in [0.25, 0.3) is 0 Å². The molecule has 1 aromatic rings. The Labute approximate surface area is 146 Å². The molecule has 1 amide bonds. The summed E-state index contributed by atoms with van der Waals surface area (Å²) in [5.74, 6) is 1.79. The number of carbonyl (C=O) groups excluding carboxylic acids is 1. The van der Waals surface area contributed by atoms with Gasteiger partial charge < -0.3 is 15.0 Å². The summed E-state index contributed by atoms with van der Waals surface area (Å²) in [6, 6.07) is 8.01. The van der Waals surface area contributed by atoms with Crippen molar-refractivity contribution in [2.45, 2.75) is 33.2 Å². The van der Waals surface area contributed by atoms with Gasteiger partial charge in [-0.25, -0.2) is 0 Å². The van der Waals surface area contributed by atoms with Crippen LogP contribution in [0.2, 0.25) is 0 Å². The van der Waals surface area contributed by atoms with Crippen LogP contribution in [-0.2, 0) is 11.3 Å². The number of hydrogen-bond donors (Lipinski definition) is 1. The second-order valence-corrected chi connectivity index (χ2v) is 6.53. The highest BCUT2D eigenvalue weighted by molar-refractivity contribution is 5.85. The fourth-order valence-electron chi connectivity index (χ4n) is 2.75. The van der Waals surface area contributed by atoms with Crippen molar-refractivity contribution >= 4 is 18.3 Å². The number of benzene rings is 1. The monoisotopic (exact) mass is 340 g/mol. The standard InChI is InChI=1S/C18H28N2O2.ClH/c1-14(2)13-22-17-7-5-4-6-16(17)12-20(3)18(21)15-8-10-19-11-9-15;/h4-7,14-15,19H,8-13H2,1-3H3;1H. The van der Waals surface area contributed by atoms with Crippen molar-refractivity contribution in [2.75, 3.05) is 26.7 Å². The number of rotatable bonds is 6. The molecule has 1 N–H and O–H groups in total. The van der Waals surface area contributed by atoms with E-state index in [1.165, 1.54) is 0 Å². The van der Waals surface area contributed by atoms with Gasteiger partial charge in [0.05, 0.1) is 6.61 Å². The van der Waals surface area contributed by atoms with Crippen LogP contribution in [0.3, 0.4) is 0 Å². The van der Waals surface area contributed by atoms with Crippen molar-refractivity contribution in [3.05, 3.63) is 29.8 Å². The molecule has 1 saturated heterocycles. The highest BCUT2D eigenvalue weighted by Crippen LogP contribution is 2.22. The maximum Gasteiger partial charge on any atom is 0.225 e. The maximum atomic E-state index is 12.5. The normalized spacial score (nSPS) is 15.1. The first kappa shape index (κ1) is 19.8. The highest BCUT2D eigenvalue weighted by Gasteiger charge is 2.24. The van der Waals surface area contributed by atoms with Crippen LogP contribution in [0, 0.1) is 11.8 Å². The molecule has 0 aliphatic carbocycles. The molecule has 0 spiro atoms. The lowest BCUT2D eigenvalue weighted by Gasteiger charge is -2.27. The molecule has 0 unspecified atom stereocenters. The van der Waals surface area contributed by atoms with Crippen LogP contribution in [-0.4, -0.2) is 37.6 Å². The van der Waals surface area contributed by atoms with Crippen LogP contribution >= 0.6 is 12.4 Å².